The Balaban J connectivity index is 2.57. The first-order chi connectivity index (χ1) is 8.52. The Morgan fingerprint density at radius 1 is 1.28 bits per heavy atom. The summed E-state index contributed by atoms with van der Waals surface area (Å²) >= 11 is 0. The number of nitrogens with one attached hydrogen (secondary N) is 1. The van der Waals surface area contributed by atoms with Gasteiger partial charge >= 0.3 is 0 Å². The monoisotopic (exact) mass is 240 g/mol. The summed E-state index contributed by atoms with van der Waals surface area (Å²) in [6.45, 7) is 1.81. The molecule has 0 saturated heterocycles. The molecule has 4 nitrogen and oxygen atoms in total. The van der Waals surface area contributed by atoms with Crippen molar-refractivity contribution in [2.45, 2.75) is 6.92 Å². The van der Waals surface area contributed by atoms with Crippen molar-refractivity contribution in [2.75, 3.05) is 7.05 Å². The van der Waals surface area contributed by atoms with Crippen molar-refractivity contribution in [2.24, 2.45) is 0 Å². The van der Waals surface area contributed by atoms with Crippen LogP contribution in [0, 0.1) is 12.3 Å². The molecule has 1 heterocycles. The van der Waals surface area contributed by atoms with Crippen LogP contribution in [0.4, 0.5) is 0 Å². The molecule has 18 heavy (non-hydrogen) atoms. The van der Waals surface area contributed by atoms with Crippen LogP contribution in [-0.2, 0) is 0 Å². The molecule has 90 valence electrons. The number of nitrogens with zero attached hydrogens (tertiary/aromatic N) is 1. The minimum atomic E-state index is -0.178. The summed E-state index contributed by atoms with van der Waals surface area (Å²) in [5.74, 6) is 0.101. The Morgan fingerprint density at radius 2 is 2.00 bits per heavy atom. The smallest absolute Gasteiger partial charge is 0.259 e. The molecule has 0 spiro atoms. The Morgan fingerprint density at radius 3 is 2.72 bits per heavy atom. The zero-order chi connectivity index (χ0) is 13.0. The Kier molecular flexibility index (Phi) is 1.99. The van der Waals surface area contributed by atoms with Crippen LogP contribution < -0.4 is 0 Å². The van der Waals surface area contributed by atoms with Crippen LogP contribution in [0.3, 0.4) is 0 Å². The molecule has 4 heteroatoms. The molecule has 0 saturated carbocycles. The first-order valence-corrected chi connectivity index (χ1v) is 5.64. The number of rotatable bonds is 0. The van der Waals surface area contributed by atoms with Crippen molar-refractivity contribution in [3.8, 4) is 5.75 Å². The molecule has 1 amide bonds. The van der Waals surface area contributed by atoms with E-state index in [2.05, 4.69) is 0 Å². The zero-order valence-electron chi connectivity index (χ0n) is 10.1. The standard InChI is InChI=1S/C14H12N2O2/c1-7-8-4-3-5-9-12(8)10(6-11(7)17)13(15)16(2)14(9)18/h3-6,15,17H,1-2H3. The third-order valence-electron chi connectivity index (χ3n) is 3.53. The fourth-order valence-electron chi connectivity index (χ4n) is 2.44. The molecule has 1 aliphatic heterocycles. The van der Waals surface area contributed by atoms with Crippen molar-refractivity contribution < 1.29 is 9.90 Å². The third-order valence-corrected chi connectivity index (χ3v) is 3.53. The average Bonchev–Trinajstić information content (AvgIpc) is 2.38. The summed E-state index contributed by atoms with van der Waals surface area (Å²) in [6.07, 6.45) is 0. The number of aryl methyl sites for hydroxylation is 1. The Bertz CT molecular complexity index is 719. The number of carbonyl (C=O) groups excluding carboxylic acids is 1. The zero-order valence-corrected chi connectivity index (χ0v) is 10.1. The quantitative estimate of drug-likeness (QED) is 0.741. The lowest BCUT2D eigenvalue weighted by molar-refractivity contribution is 0.0870. The predicted molar refractivity (Wildman–Crippen MR) is 69.3 cm³/mol. The molecule has 0 aromatic heterocycles. The normalized spacial score (nSPS) is 14.4. The number of amidine groups is 1. The van der Waals surface area contributed by atoms with Crippen molar-refractivity contribution in [1.29, 1.82) is 5.41 Å². The fourth-order valence-corrected chi connectivity index (χ4v) is 2.44. The van der Waals surface area contributed by atoms with Gasteiger partial charge in [0.1, 0.15) is 11.6 Å². The maximum absolute atomic E-state index is 12.1. The lowest BCUT2D eigenvalue weighted by Crippen LogP contribution is -2.36. The van der Waals surface area contributed by atoms with E-state index in [1.807, 2.05) is 13.0 Å². The summed E-state index contributed by atoms with van der Waals surface area (Å²) < 4.78 is 0. The van der Waals surface area contributed by atoms with Crippen molar-refractivity contribution in [1.82, 2.24) is 4.90 Å². The van der Waals surface area contributed by atoms with E-state index in [4.69, 9.17) is 5.41 Å². The van der Waals surface area contributed by atoms with Crippen LogP contribution in [0.1, 0.15) is 21.5 Å². The highest BCUT2D eigenvalue weighted by atomic mass is 16.3. The number of phenols is 1. The van der Waals surface area contributed by atoms with Gasteiger partial charge in [0, 0.05) is 23.6 Å². The summed E-state index contributed by atoms with van der Waals surface area (Å²) in [6, 6.07) is 6.98. The van der Waals surface area contributed by atoms with E-state index < -0.39 is 0 Å². The number of hydrogen-bond donors (Lipinski definition) is 2. The summed E-state index contributed by atoms with van der Waals surface area (Å²) in [4.78, 5) is 13.4. The van der Waals surface area contributed by atoms with Gasteiger partial charge in [0.05, 0.1) is 0 Å². The van der Waals surface area contributed by atoms with E-state index in [9.17, 15) is 9.90 Å². The predicted octanol–water partition coefficient (Wildman–Crippen LogP) is 2.26. The van der Waals surface area contributed by atoms with E-state index in [1.54, 1.807) is 25.2 Å². The number of amides is 1. The molecular weight excluding hydrogens is 228 g/mol. The number of aromatic hydroxyl groups is 1. The van der Waals surface area contributed by atoms with Gasteiger partial charge in [0.15, 0.2) is 0 Å². The molecule has 0 radical (unpaired) electrons. The van der Waals surface area contributed by atoms with Crippen LogP contribution in [0.5, 0.6) is 5.75 Å². The maximum Gasteiger partial charge on any atom is 0.259 e. The van der Waals surface area contributed by atoms with Gasteiger partial charge in [0.2, 0.25) is 0 Å². The van der Waals surface area contributed by atoms with Crippen molar-refractivity contribution in [3.63, 3.8) is 0 Å². The van der Waals surface area contributed by atoms with E-state index in [0.717, 1.165) is 16.3 Å². The van der Waals surface area contributed by atoms with E-state index >= 15 is 0 Å². The maximum atomic E-state index is 12.1. The number of hydrogen-bond acceptors (Lipinski definition) is 3. The lowest BCUT2D eigenvalue weighted by Gasteiger charge is -2.26. The van der Waals surface area contributed by atoms with Crippen molar-refractivity contribution >= 4 is 22.5 Å². The molecule has 3 rings (SSSR count). The molecule has 2 N–H and O–H groups in total. The number of carbonyl (C=O) groups is 1. The molecule has 0 atom stereocenters. The first kappa shape index (κ1) is 10.8. The van der Waals surface area contributed by atoms with Gasteiger partial charge in [-0.15, -0.1) is 0 Å². The van der Waals surface area contributed by atoms with Crippen LogP contribution in [0.2, 0.25) is 0 Å². The SMILES string of the molecule is Cc1c(O)cc2c3c(cccc13)C(=O)N(C)C2=N. The fraction of sp³-hybridized carbons (Fsp3) is 0.143. The largest absolute Gasteiger partial charge is 0.508 e. The highest BCUT2D eigenvalue weighted by Gasteiger charge is 2.28. The summed E-state index contributed by atoms with van der Waals surface area (Å²) in [7, 11) is 1.57. The highest BCUT2D eigenvalue weighted by Crippen LogP contribution is 2.35. The summed E-state index contributed by atoms with van der Waals surface area (Å²) in [5, 5.41) is 19.5. The van der Waals surface area contributed by atoms with Crippen LogP contribution in [0.25, 0.3) is 10.8 Å². The molecule has 0 fully saturated rings. The molecule has 2 aromatic carbocycles. The third kappa shape index (κ3) is 1.14. The average molecular weight is 240 g/mol. The molecule has 2 aromatic rings. The van der Waals surface area contributed by atoms with E-state index in [0.29, 0.717) is 11.1 Å². The Labute approximate surface area is 104 Å². The molecule has 0 aliphatic carbocycles. The second kappa shape index (κ2) is 3.32. The van der Waals surface area contributed by atoms with Gasteiger partial charge in [-0.2, -0.15) is 0 Å². The van der Waals surface area contributed by atoms with Gasteiger partial charge < -0.3 is 5.11 Å². The van der Waals surface area contributed by atoms with Crippen LogP contribution >= 0.6 is 0 Å². The number of benzene rings is 2. The lowest BCUT2D eigenvalue weighted by atomic mass is 9.91. The van der Waals surface area contributed by atoms with Gasteiger partial charge in [-0.25, -0.2) is 0 Å². The molecule has 1 aliphatic rings. The van der Waals surface area contributed by atoms with E-state index in [1.165, 1.54) is 4.90 Å². The molecule has 0 bridgehead atoms. The Hall–Kier alpha value is -2.36. The molecular formula is C14H12N2O2. The minimum Gasteiger partial charge on any atom is -0.508 e. The van der Waals surface area contributed by atoms with Gasteiger partial charge in [-0.3, -0.25) is 15.1 Å². The van der Waals surface area contributed by atoms with Gasteiger partial charge in [0.25, 0.3) is 5.91 Å². The highest BCUT2D eigenvalue weighted by molar-refractivity contribution is 6.26. The van der Waals surface area contributed by atoms with Gasteiger partial charge in [-0.1, -0.05) is 12.1 Å². The topological polar surface area (TPSA) is 64.4 Å². The number of phenolic OH excluding ortho intramolecular Hbond substituents is 1. The second-order valence-corrected chi connectivity index (χ2v) is 4.51. The minimum absolute atomic E-state index is 0.124. The van der Waals surface area contributed by atoms with Gasteiger partial charge in [-0.05, 0) is 30.0 Å². The van der Waals surface area contributed by atoms with Crippen LogP contribution in [0.15, 0.2) is 24.3 Å². The van der Waals surface area contributed by atoms with Crippen molar-refractivity contribution in [3.05, 3.63) is 41.0 Å². The molecule has 0 unspecified atom stereocenters. The second-order valence-electron chi connectivity index (χ2n) is 4.51. The van der Waals surface area contributed by atoms with E-state index in [-0.39, 0.29) is 17.5 Å². The summed E-state index contributed by atoms with van der Waals surface area (Å²) in [5.41, 5.74) is 1.93. The van der Waals surface area contributed by atoms with Crippen LogP contribution in [-0.4, -0.2) is 28.8 Å². The first-order valence-electron chi connectivity index (χ1n) is 5.64.